The van der Waals surface area contributed by atoms with E-state index in [4.69, 9.17) is 5.11 Å². The molecule has 3 N–H and O–H groups in total. The summed E-state index contributed by atoms with van der Waals surface area (Å²) in [5.41, 5.74) is -5.17. The second-order valence-corrected chi connectivity index (χ2v) is 5.82. The lowest BCUT2D eigenvalue weighted by molar-refractivity contribution is -0.269. The molecule has 0 saturated carbocycles. The summed E-state index contributed by atoms with van der Waals surface area (Å²) in [6.07, 6.45) is -7.78. The van der Waals surface area contributed by atoms with Crippen LogP contribution in [0.3, 0.4) is 0 Å². The number of carboxylic acid groups (broad SMARTS) is 1. The first-order valence-electron chi connectivity index (χ1n) is 6.28. The summed E-state index contributed by atoms with van der Waals surface area (Å²) >= 11 is 0. The van der Waals surface area contributed by atoms with Crippen molar-refractivity contribution in [2.45, 2.75) is 43.9 Å². The number of benzene rings is 1. The molecule has 0 heterocycles. The van der Waals surface area contributed by atoms with Crippen molar-refractivity contribution in [3.63, 3.8) is 0 Å². The van der Waals surface area contributed by atoms with E-state index in [0.717, 1.165) is 18.2 Å². The molecule has 0 saturated heterocycles. The largest absolute Gasteiger partial charge is 0.508 e. The van der Waals surface area contributed by atoms with Crippen molar-refractivity contribution in [2.75, 3.05) is 0 Å². The molecule has 1 unspecified atom stereocenters. The number of phenolic OH excluding ortho intramolecular Hbond substituents is 1. The zero-order chi connectivity index (χ0) is 17.3. The van der Waals surface area contributed by atoms with Crippen molar-refractivity contribution in [1.29, 1.82) is 0 Å². The molecule has 0 amide bonds. The molecule has 8 heteroatoms. The molecular formula is C14H16F4O4. The van der Waals surface area contributed by atoms with Crippen LogP contribution in [0.4, 0.5) is 17.6 Å². The summed E-state index contributed by atoms with van der Waals surface area (Å²) in [6.45, 7) is 2.50. The molecule has 1 aromatic rings. The fourth-order valence-corrected chi connectivity index (χ4v) is 2.39. The van der Waals surface area contributed by atoms with E-state index < -0.39 is 47.6 Å². The number of aliphatic hydroxyl groups is 1. The highest BCUT2D eigenvalue weighted by Gasteiger charge is 2.57. The topological polar surface area (TPSA) is 77.8 Å². The van der Waals surface area contributed by atoms with Gasteiger partial charge < -0.3 is 15.3 Å². The average Bonchev–Trinajstić information content (AvgIpc) is 2.28. The van der Waals surface area contributed by atoms with E-state index in [0.29, 0.717) is 0 Å². The van der Waals surface area contributed by atoms with Gasteiger partial charge in [-0.3, -0.25) is 4.79 Å². The molecule has 1 rings (SSSR count). The summed E-state index contributed by atoms with van der Waals surface area (Å²) in [5, 5.41) is 28.1. The van der Waals surface area contributed by atoms with E-state index in [1.54, 1.807) is 0 Å². The lowest BCUT2D eigenvalue weighted by Crippen LogP contribution is -2.50. The molecule has 4 nitrogen and oxygen atoms in total. The first kappa shape index (κ1) is 18.2. The summed E-state index contributed by atoms with van der Waals surface area (Å²) in [5.74, 6) is -3.03. The fraction of sp³-hybridized carbons (Fsp3) is 0.500. The third-order valence-corrected chi connectivity index (χ3v) is 3.39. The van der Waals surface area contributed by atoms with Crippen molar-refractivity contribution in [2.24, 2.45) is 0 Å². The Morgan fingerprint density at radius 3 is 2.23 bits per heavy atom. The number of carboxylic acids is 1. The van der Waals surface area contributed by atoms with Gasteiger partial charge in [-0.25, -0.2) is 4.39 Å². The molecular weight excluding hydrogens is 308 g/mol. The Labute approximate surface area is 124 Å². The maximum Gasteiger partial charge on any atom is 0.417 e. The van der Waals surface area contributed by atoms with Crippen molar-refractivity contribution in [3.8, 4) is 5.75 Å². The molecule has 1 atom stereocenters. The summed E-state index contributed by atoms with van der Waals surface area (Å²) < 4.78 is 52.4. The number of aliphatic carboxylic acids is 1. The van der Waals surface area contributed by atoms with Gasteiger partial charge in [-0.1, -0.05) is 13.8 Å². The summed E-state index contributed by atoms with van der Waals surface area (Å²) in [4.78, 5) is 10.6. The van der Waals surface area contributed by atoms with E-state index in [1.165, 1.54) is 13.8 Å². The summed E-state index contributed by atoms with van der Waals surface area (Å²) in [6, 6.07) is 2.77. The van der Waals surface area contributed by atoms with Gasteiger partial charge >= 0.3 is 12.1 Å². The Morgan fingerprint density at radius 2 is 1.77 bits per heavy atom. The molecule has 0 fully saturated rings. The average molecular weight is 324 g/mol. The number of rotatable bonds is 5. The molecule has 0 aliphatic carbocycles. The number of aromatic hydroxyl groups is 1. The van der Waals surface area contributed by atoms with Gasteiger partial charge in [0.25, 0.3) is 0 Å². The lowest BCUT2D eigenvalue weighted by atomic mass is 9.73. The Hall–Kier alpha value is -1.83. The Kier molecular flexibility index (Phi) is 4.76. The van der Waals surface area contributed by atoms with Gasteiger partial charge in [0, 0.05) is 5.56 Å². The molecule has 0 bridgehead atoms. The van der Waals surface area contributed by atoms with Gasteiger partial charge in [0.1, 0.15) is 11.6 Å². The number of halogens is 4. The molecule has 0 aliphatic rings. The van der Waals surface area contributed by atoms with Crippen molar-refractivity contribution in [1.82, 2.24) is 0 Å². The van der Waals surface area contributed by atoms with Crippen LogP contribution in [-0.4, -0.2) is 33.1 Å². The number of alkyl halides is 3. The highest BCUT2D eigenvalue weighted by molar-refractivity contribution is 5.68. The van der Waals surface area contributed by atoms with Crippen LogP contribution in [0.1, 0.15) is 32.3 Å². The van der Waals surface area contributed by atoms with Crippen LogP contribution in [0.5, 0.6) is 5.75 Å². The van der Waals surface area contributed by atoms with E-state index in [9.17, 15) is 32.6 Å². The standard InChI is InChI=1S/C14H16F4O4/c1-12(2,9-5-8(15)3-4-10(9)19)7-13(22,6-11(20)21)14(16,17)18/h3-5,19,22H,6-7H2,1-2H3,(H,20,21). The quantitative estimate of drug-likeness (QED) is 0.728. The zero-order valence-corrected chi connectivity index (χ0v) is 11.9. The van der Waals surface area contributed by atoms with Gasteiger partial charge in [0.15, 0.2) is 5.60 Å². The highest BCUT2D eigenvalue weighted by atomic mass is 19.4. The Balaban J connectivity index is 3.26. The van der Waals surface area contributed by atoms with E-state index in [-0.39, 0.29) is 5.56 Å². The minimum absolute atomic E-state index is 0.152. The second kappa shape index (κ2) is 5.75. The first-order chi connectivity index (χ1) is 9.78. The molecule has 0 aromatic heterocycles. The fourth-order valence-electron chi connectivity index (χ4n) is 2.39. The van der Waals surface area contributed by atoms with Crippen molar-refractivity contribution in [3.05, 3.63) is 29.6 Å². The second-order valence-electron chi connectivity index (χ2n) is 5.82. The number of carbonyl (C=O) groups is 1. The van der Waals surface area contributed by atoms with Crippen LogP contribution in [0.15, 0.2) is 18.2 Å². The summed E-state index contributed by atoms with van der Waals surface area (Å²) in [7, 11) is 0. The first-order valence-corrected chi connectivity index (χ1v) is 6.28. The van der Waals surface area contributed by atoms with E-state index >= 15 is 0 Å². The van der Waals surface area contributed by atoms with Crippen molar-refractivity contribution < 1.29 is 37.7 Å². The van der Waals surface area contributed by atoms with Gasteiger partial charge in [-0.15, -0.1) is 0 Å². The van der Waals surface area contributed by atoms with Gasteiger partial charge in [0.2, 0.25) is 0 Å². The maximum atomic E-state index is 13.3. The van der Waals surface area contributed by atoms with Crippen LogP contribution in [-0.2, 0) is 10.2 Å². The van der Waals surface area contributed by atoms with E-state index in [2.05, 4.69) is 0 Å². The Morgan fingerprint density at radius 1 is 1.23 bits per heavy atom. The monoisotopic (exact) mass is 324 g/mol. The molecule has 1 aromatic carbocycles. The Bertz CT molecular complexity index is 568. The van der Waals surface area contributed by atoms with Crippen LogP contribution in [0, 0.1) is 5.82 Å². The van der Waals surface area contributed by atoms with E-state index in [1.807, 2.05) is 0 Å². The predicted molar refractivity (Wildman–Crippen MR) is 69.0 cm³/mol. The minimum Gasteiger partial charge on any atom is -0.508 e. The van der Waals surface area contributed by atoms with Gasteiger partial charge in [-0.05, 0) is 30.0 Å². The third-order valence-electron chi connectivity index (χ3n) is 3.39. The molecule has 22 heavy (non-hydrogen) atoms. The number of hydrogen-bond acceptors (Lipinski definition) is 3. The van der Waals surface area contributed by atoms with Crippen LogP contribution < -0.4 is 0 Å². The third kappa shape index (κ3) is 3.88. The smallest absolute Gasteiger partial charge is 0.417 e. The van der Waals surface area contributed by atoms with Gasteiger partial charge in [-0.2, -0.15) is 13.2 Å². The van der Waals surface area contributed by atoms with Crippen LogP contribution in [0.25, 0.3) is 0 Å². The maximum absolute atomic E-state index is 13.3. The number of phenols is 1. The van der Waals surface area contributed by atoms with Crippen LogP contribution >= 0.6 is 0 Å². The molecule has 0 radical (unpaired) electrons. The van der Waals surface area contributed by atoms with Crippen molar-refractivity contribution >= 4 is 5.97 Å². The minimum atomic E-state index is -5.19. The van der Waals surface area contributed by atoms with Gasteiger partial charge in [0.05, 0.1) is 6.42 Å². The molecule has 124 valence electrons. The normalized spacial score (nSPS) is 15.4. The zero-order valence-electron chi connectivity index (χ0n) is 11.9. The molecule has 0 spiro atoms. The SMILES string of the molecule is CC(C)(CC(O)(CC(=O)O)C(F)(F)F)c1cc(F)ccc1O. The highest BCUT2D eigenvalue weighted by Crippen LogP contribution is 2.44. The van der Waals surface area contributed by atoms with Crippen LogP contribution in [0.2, 0.25) is 0 Å². The predicted octanol–water partition coefficient (Wildman–Crippen LogP) is 2.97. The number of hydrogen-bond donors (Lipinski definition) is 3. The lowest BCUT2D eigenvalue weighted by Gasteiger charge is -2.37. The molecule has 0 aliphatic heterocycles.